The van der Waals surface area contributed by atoms with E-state index in [0.29, 0.717) is 10.8 Å². The molecule has 3 aromatic carbocycles. The number of phenolic OH excluding ortho intramolecular Hbond substituents is 1. The SMILES string of the molecule is O=S(=O)([O-])c1cc2ccccc2c(O)c1N=Nc1ccc(S(=O)(=O)CCO)cc1.[Na+]. The standard InChI is InChI=1S/C18H16N2O7S2.Na/c21-9-10-28(23,24)14-7-5-13(6-8-14)19-20-17-16(29(25,26)27)11-12-3-1-2-4-15(12)18(17)22;/h1-8,11,21-22H,9-10H2,(H,25,26,27);/q;+1/p-1. The molecule has 152 valence electrons. The van der Waals surface area contributed by atoms with E-state index in [4.69, 9.17) is 5.11 Å². The molecule has 0 aromatic heterocycles. The average molecular weight is 458 g/mol. The third-order valence-corrected chi connectivity index (χ3v) is 6.61. The fraction of sp³-hybridized carbons (Fsp3) is 0.111. The number of sulfone groups is 1. The van der Waals surface area contributed by atoms with Crippen molar-refractivity contribution in [3.05, 3.63) is 54.6 Å². The molecule has 0 aliphatic carbocycles. The van der Waals surface area contributed by atoms with E-state index in [1.54, 1.807) is 12.1 Å². The minimum absolute atomic E-state index is 0. The van der Waals surface area contributed by atoms with E-state index < -0.39 is 48.6 Å². The molecule has 0 aliphatic rings. The first-order valence-electron chi connectivity index (χ1n) is 8.19. The molecule has 0 heterocycles. The van der Waals surface area contributed by atoms with Gasteiger partial charge in [-0.15, -0.1) is 5.11 Å². The third-order valence-electron chi connectivity index (χ3n) is 4.05. The maximum atomic E-state index is 11.9. The number of aliphatic hydroxyl groups excluding tert-OH is 1. The van der Waals surface area contributed by atoms with Crippen molar-refractivity contribution in [3.63, 3.8) is 0 Å². The van der Waals surface area contributed by atoms with Gasteiger partial charge in [-0.25, -0.2) is 16.8 Å². The first-order valence-corrected chi connectivity index (χ1v) is 11.3. The fourth-order valence-electron chi connectivity index (χ4n) is 2.65. The van der Waals surface area contributed by atoms with Gasteiger partial charge in [0, 0.05) is 5.39 Å². The van der Waals surface area contributed by atoms with Crippen LogP contribution >= 0.6 is 0 Å². The molecule has 0 fully saturated rings. The first-order chi connectivity index (χ1) is 13.6. The molecule has 0 bridgehead atoms. The van der Waals surface area contributed by atoms with Crippen molar-refractivity contribution in [2.75, 3.05) is 12.4 Å². The van der Waals surface area contributed by atoms with Gasteiger partial charge in [-0.3, -0.25) is 0 Å². The van der Waals surface area contributed by atoms with Crippen molar-refractivity contribution in [2.45, 2.75) is 9.79 Å². The summed E-state index contributed by atoms with van der Waals surface area (Å²) in [4.78, 5) is -0.749. The zero-order valence-corrected chi connectivity index (χ0v) is 19.4. The Morgan fingerprint density at radius 2 is 1.57 bits per heavy atom. The minimum atomic E-state index is -4.95. The second-order valence-corrected chi connectivity index (χ2v) is 9.44. The summed E-state index contributed by atoms with van der Waals surface area (Å²) < 4.78 is 58.7. The molecule has 0 aliphatic heterocycles. The zero-order chi connectivity index (χ0) is 21.2. The van der Waals surface area contributed by atoms with Crippen molar-refractivity contribution in [3.8, 4) is 5.75 Å². The Morgan fingerprint density at radius 3 is 2.17 bits per heavy atom. The van der Waals surface area contributed by atoms with E-state index in [-0.39, 0.29) is 40.1 Å². The van der Waals surface area contributed by atoms with Crippen LogP contribution in [-0.2, 0) is 20.0 Å². The number of phenols is 1. The topological polar surface area (TPSA) is 157 Å². The Bertz CT molecular complexity index is 1310. The quantitative estimate of drug-likeness (QED) is 0.290. The Kier molecular flexibility index (Phi) is 7.74. The number of nitrogens with zero attached hydrogens (tertiary/aromatic N) is 2. The van der Waals surface area contributed by atoms with Crippen LogP contribution in [0, 0.1) is 0 Å². The van der Waals surface area contributed by atoms with E-state index in [2.05, 4.69) is 10.2 Å². The van der Waals surface area contributed by atoms with E-state index in [1.165, 1.54) is 36.4 Å². The van der Waals surface area contributed by atoms with Crippen LogP contribution in [0.5, 0.6) is 5.75 Å². The number of hydrogen-bond donors (Lipinski definition) is 2. The first kappa shape index (κ1) is 24.4. The molecule has 0 unspecified atom stereocenters. The van der Waals surface area contributed by atoms with Gasteiger partial charge in [0.2, 0.25) is 0 Å². The Balaban J connectivity index is 0.00000320. The Morgan fingerprint density at radius 1 is 0.933 bits per heavy atom. The molecule has 30 heavy (non-hydrogen) atoms. The molecular formula is C18H15N2NaO7S2. The third kappa shape index (κ3) is 5.24. The summed E-state index contributed by atoms with van der Waals surface area (Å²) in [6, 6.07) is 12.6. The summed E-state index contributed by atoms with van der Waals surface area (Å²) in [5.74, 6) is -0.938. The number of aromatic hydroxyl groups is 1. The van der Waals surface area contributed by atoms with E-state index in [0.717, 1.165) is 6.07 Å². The number of benzene rings is 3. The van der Waals surface area contributed by atoms with Crippen LogP contribution in [0.15, 0.2) is 74.6 Å². The summed E-state index contributed by atoms with van der Waals surface area (Å²) in [5.41, 5.74) is -0.342. The molecule has 3 aromatic rings. The van der Waals surface area contributed by atoms with Crippen molar-refractivity contribution in [1.82, 2.24) is 0 Å². The van der Waals surface area contributed by atoms with Crippen molar-refractivity contribution >= 4 is 42.1 Å². The molecule has 0 amide bonds. The monoisotopic (exact) mass is 458 g/mol. The second kappa shape index (κ2) is 9.52. The van der Waals surface area contributed by atoms with Crippen LogP contribution in [0.3, 0.4) is 0 Å². The van der Waals surface area contributed by atoms with Gasteiger partial charge in [0.25, 0.3) is 0 Å². The normalized spacial score (nSPS) is 12.2. The fourth-order valence-corrected chi connectivity index (χ4v) is 4.32. The summed E-state index contributed by atoms with van der Waals surface area (Å²) >= 11 is 0. The van der Waals surface area contributed by atoms with Gasteiger partial charge in [-0.1, -0.05) is 24.3 Å². The molecule has 12 heteroatoms. The number of fused-ring (bicyclic) bond motifs is 1. The van der Waals surface area contributed by atoms with Gasteiger partial charge < -0.3 is 14.8 Å². The zero-order valence-electron chi connectivity index (χ0n) is 15.8. The molecule has 0 saturated carbocycles. The largest absolute Gasteiger partial charge is 1.00 e. The summed E-state index contributed by atoms with van der Waals surface area (Å²) in [6.07, 6.45) is 0. The maximum Gasteiger partial charge on any atom is 1.00 e. The molecule has 0 atom stereocenters. The van der Waals surface area contributed by atoms with Crippen LogP contribution in [0.4, 0.5) is 11.4 Å². The van der Waals surface area contributed by atoms with Crippen LogP contribution in [0.2, 0.25) is 0 Å². The average Bonchev–Trinajstić information content (AvgIpc) is 2.67. The van der Waals surface area contributed by atoms with Crippen LogP contribution < -0.4 is 29.6 Å². The maximum absolute atomic E-state index is 11.9. The van der Waals surface area contributed by atoms with Gasteiger partial charge in [0.1, 0.15) is 15.8 Å². The minimum Gasteiger partial charge on any atom is -0.744 e. The number of aliphatic hydroxyl groups is 1. The van der Waals surface area contributed by atoms with Gasteiger partial charge in [-0.05, 0) is 35.7 Å². The predicted octanol–water partition coefficient (Wildman–Crippen LogP) is -0.365. The van der Waals surface area contributed by atoms with Gasteiger partial charge >= 0.3 is 29.6 Å². The summed E-state index contributed by atoms with van der Waals surface area (Å²) in [6.45, 7) is -0.516. The molecular weight excluding hydrogens is 443 g/mol. The molecule has 9 nitrogen and oxygen atoms in total. The number of azo groups is 1. The smallest absolute Gasteiger partial charge is 0.744 e. The molecule has 0 radical (unpaired) electrons. The van der Waals surface area contributed by atoms with Crippen molar-refractivity contribution in [2.24, 2.45) is 10.2 Å². The summed E-state index contributed by atoms with van der Waals surface area (Å²) in [7, 11) is -8.59. The van der Waals surface area contributed by atoms with Crippen LogP contribution in [0.1, 0.15) is 0 Å². The molecule has 0 spiro atoms. The van der Waals surface area contributed by atoms with E-state index in [1.807, 2.05) is 0 Å². The molecule has 0 saturated heterocycles. The Labute approximate surface area is 195 Å². The van der Waals surface area contributed by atoms with Gasteiger partial charge in [0.15, 0.2) is 15.6 Å². The van der Waals surface area contributed by atoms with Crippen molar-refractivity contribution < 1.29 is 61.2 Å². The summed E-state index contributed by atoms with van der Waals surface area (Å²) in [5, 5.41) is 27.4. The predicted molar refractivity (Wildman–Crippen MR) is 103 cm³/mol. The van der Waals surface area contributed by atoms with E-state index in [9.17, 15) is 26.5 Å². The number of hydrogen-bond acceptors (Lipinski definition) is 9. The second-order valence-electron chi connectivity index (χ2n) is 5.98. The van der Waals surface area contributed by atoms with Crippen molar-refractivity contribution in [1.29, 1.82) is 0 Å². The van der Waals surface area contributed by atoms with Gasteiger partial charge in [-0.2, -0.15) is 5.11 Å². The molecule has 3 rings (SSSR count). The number of rotatable bonds is 6. The van der Waals surface area contributed by atoms with E-state index >= 15 is 0 Å². The van der Waals surface area contributed by atoms with Gasteiger partial charge in [0.05, 0.1) is 27.8 Å². The van der Waals surface area contributed by atoms with Crippen LogP contribution in [0.25, 0.3) is 10.8 Å². The Hall–Kier alpha value is -1.86. The van der Waals surface area contributed by atoms with Crippen LogP contribution in [-0.4, -0.2) is 44.0 Å². The molecule has 2 N–H and O–H groups in total.